The van der Waals surface area contributed by atoms with Gasteiger partial charge in [-0.3, -0.25) is 10.1 Å². The van der Waals surface area contributed by atoms with Crippen molar-refractivity contribution in [2.75, 3.05) is 6.54 Å². The van der Waals surface area contributed by atoms with Gasteiger partial charge in [0.25, 0.3) is 5.69 Å². The van der Waals surface area contributed by atoms with Crippen molar-refractivity contribution in [2.24, 2.45) is 0 Å². The smallest absolute Gasteiger partial charge is 0.272 e. The van der Waals surface area contributed by atoms with E-state index in [-0.39, 0.29) is 10.6 Å². The standard InChI is InChI=1S/C14H22N2O2/c1-3-11-15-13(4-2)10-9-12-7-5-6-8-14(12)16(17)18/h5-8,13,15H,3-4,9-11H2,1-2H3. The van der Waals surface area contributed by atoms with Crippen LogP contribution in [0, 0.1) is 10.1 Å². The van der Waals surface area contributed by atoms with Crippen LogP contribution >= 0.6 is 0 Å². The molecule has 0 aromatic heterocycles. The summed E-state index contributed by atoms with van der Waals surface area (Å²) in [5.74, 6) is 0. The van der Waals surface area contributed by atoms with Crippen LogP contribution in [0.25, 0.3) is 0 Å². The largest absolute Gasteiger partial charge is 0.314 e. The summed E-state index contributed by atoms with van der Waals surface area (Å²) in [5.41, 5.74) is 1.07. The quantitative estimate of drug-likeness (QED) is 0.569. The molecule has 18 heavy (non-hydrogen) atoms. The Morgan fingerprint density at radius 2 is 2.06 bits per heavy atom. The van der Waals surface area contributed by atoms with Crippen LogP contribution in [-0.4, -0.2) is 17.5 Å². The normalized spacial score (nSPS) is 12.3. The third-order valence-corrected chi connectivity index (χ3v) is 3.13. The molecule has 0 bridgehead atoms. The minimum Gasteiger partial charge on any atom is -0.314 e. The minimum atomic E-state index is -0.296. The topological polar surface area (TPSA) is 55.2 Å². The summed E-state index contributed by atoms with van der Waals surface area (Å²) in [7, 11) is 0. The highest BCUT2D eigenvalue weighted by Gasteiger charge is 2.13. The lowest BCUT2D eigenvalue weighted by atomic mass is 10.0. The van der Waals surface area contributed by atoms with Gasteiger partial charge in [-0.05, 0) is 32.2 Å². The Balaban J connectivity index is 2.59. The molecule has 0 aliphatic rings. The Morgan fingerprint density at radius 3 is 2.67 bits per heavy atom. The lowest BCUT2D eigenvalue weighted by Crippen LogP contribution is -2.29. The predicted molar refractivity (Wildman–Crippen MR) is 73.8 cm³/mol. The highest BCUT2D eigenvalue weighted by atomic mass is 16.6. The number of nitro benzene ring substituents is 1. The molecule has 0 saturated carbocycles. The lowest BCUT2D eigenvalue weighted by molar-refractivity contribution is -0.385. The molecule has 4 heteroatoms. The number of hydrogen-bond acceptors (Lipinski definition) is 3. The highest BCUT2D eigenvalue weighted by Crippen LogP contribution is 2.20. The predicted octanol–water partition coefficient (Wildman–Crippen LogP) is 3.31. The van der Waals surface area contributed by atoms with Crippen molar-refractivity contribution in [3.05, 3.63) is 39.9 Å². The van der Waals surface area contributed by atoms with Gasteiger partial charge in [-0.25, -0.2) is 0 Å². The highest BCUT2D eigenvalue weighted by molar-refractivity contribution is 5.39. The third kappa shape index (κ3) is 4.45. The number of nitrogens with one attached hydrogen (secondary N) is 1. The fourth-order valence-corrected chi connectivity index (χ4v) is 2.03. The Kier molecular flexibility index (Phi) is 6.36. The number of rotatable bonds is 8. The zero-order valence-electron chi connectivity index (χ0n) is 11.2. The second-order valence-electron chi connectivity index (χ2n) is 4.48. The van der Waals surface area contributed by atoms with Crippen LogP contribution in [0.3, 0.4) is 0 Å². The summed E-state index contributed by atoms with van der Waals surface area (Å²) in [6.45, 7) is 5.30. The first kappa shape index (κ1) is 14.6. The molecule has 1 aromatic rings. The molecule has 0 aliphatic carbocycles. The van der Waals surface area contributed by atoms with Crippen LogP contribution < -0.4 is 5.32 Å². The fourth-order valence-electron chi connectivity index (χ4n) is 2.03. The molecule has 0 heterocycles. The molecule has 1 rings (SSSR count). The summed E-state index contributed by atoms with van der Waals surface area (Å²) in [4.78, 5) is 10.6. The van der Waals surface area contributed by atoms with E-state index in [0.29, 0.717) is 6.04 Å². The van der Waals surface area contributed by atoms with Gasteiger partial charge < -0.3 is 5.32 Å². The van der Waals surface area contributed by atoms with Crippen molar-refractivity contribution in [3.63, 3.8) is 0 Å². The summed E-state index contributed by atoms with van der Waals surface area (Å²) in [6, 6.07) is 7.46. The van der Waals surface area contributed by atoms with E-state index in [9.17, 15) is 10.1 Å². The van der Waals surface area contributed by atoms with Gasteiger partial charge in [-0.15, -0.1) is 0 Å². The number of nitrogens with zero attached hydrogens (tertiary/aromatic N) is 1. The van der Waals surface area contributed by atoms with Crippen molar-refractivity contribution in [3.8, 4) is 0 Å². The molecular weight excluding hydrogens is 228 g/mol. The van der Waals surface area contributed by atoms with E-state index in [2.05, 4.69) is 19.2 Å². The van der Waals surface area contributed by atoms with Gasteiger partial charge in [0.2, 0.25) is 0 Å². The van der Waals surface area contributed by atoms with Crippen molar-refractivity contribution >= 4 is 5.69 Å². The van der Waals surface area contributed by atoms with E-state index < -0.39 is 0 Å². The molecule has 0 amide bonds. The Morgan fingerprint density at radius 1 is 1.33 bits per heavy atom. The van der Waals surface area contributed by atoms with E-state index in [4.69, 9.17) is 0 Å². The Hall–Kier alpha value is -1.42. The average Bonchev–Trinajstić information content (AvgIpc) is 2.39. The third-order valence-electron chi connectivity index (χ3n) is 3.13. The molecule has 100 valence electrons. The molecule has 1 N–H and O–H groups in total. The van der Waals surface area contributed by atoms with Crippen LogP contribution in [0.15, 0.2) is 24.3 Å². The molecule has 0 fully saturated rings. The van der Waals surface area contributed by atoms with Crippen molar-refractivity contribution < 1.29 is 4.92 Å². The van der Waals surface area contributed by atoms with Gasteiger partial charge in [-0.1, -0.05) is 32.0 Å². The summed E-state index contributed by atoms with van der Waals surface area (Å²) in [5, 5.41) is 14.4. The number of benzene rings is 1. The van der Waals surface area contributed by atoms with Crippen molar-refractivity contribution in [2.45, 2.75) is 45.6 Å². The lowest BCUT2D eigenvalue weighted by Gasteiger charge is -2.16. The maximum Gasteiger partial charge on any atom is 0.272 e. The van der Waals surface area contributed by atoms with E-state index in [1.807, 2.05) is 12.1 Å². The van der Waals surface area contributed by atoms with Gasteiger partial charge in [0.15, 0.2) is 0 Å². The first-order chi connectivity index (χ1) is 8.69. The first-order valence-electron chi connectivity index (χ1n) is 6.64. The van der Waals surface area contributed by atoms with Gasteiger partial charge in [-0.2, -0.15) is 0 Å². The number of para-hydroxylation sites is 1. The molecular formula is C14H22N2O2. The van der Waals surface area contributed by atoms with Crippen molar-refractivity contribution in [1.29, 1.82) is 0 Å². The zero-order valence-corrected chi connectivity index (χ0v) is 11.2. The van der Waals surface area contributed by atoms with E-state index in [1.54, 1.807) is 12.1 Å². The van der Waals surface area contributed by atoms with Gasteiger partial charge in [0.1, 0.15) is 0 Å². The molecule has 1 atom stereocenters. The summed E-state index contributed by atoms with van der Waals surface area (Å²) in [6.07, 6.45) is 3.87. The number of aryl methyl sites for hydroxylation is 1. The molecule has 4 nitrogen and oxygen atoms in total. The zero-order chi connectivity index (χ0) is 13.4. The fraction of sp³-hybridized carbons (Fsp3) is 0.571. The van der Waals surface area contributed by atoms with E-state index in [0.717, 1.165) is 37.8 Å². The maximum absolute atomic E-state index is 10.9. The molecule has 0 aliphatic heterocycles. The Labute approximate surface area is 109 Å². The number of hydrogen-bond donors (Lipinski definition) is 1. The molecule has 1 unspecified atom stereocenters. The second-order valence-corrected chi connectivity index (χ2v) is 4.48. The monoisotopic (exact) mass is 250 g/mol. The van der Waals surface area contributed by atoms with Gasteiger partial charge in [0, 0.05) is 17.7 Å². The molecule has 1 aromatic carbocycles. The van der Waals surface area contributed by atoms with Gasteiger partial charge in [0.05, 0.1) is 4.92 Å². The Bertz CT molecular complexity index is 380. The van der Waals surface area contributed by atoms with Crippen LogP contribution in [0.2, 0.25) is 0 Å². The minimum absolute atomic E-state index is 0.239. The summed E-state index contributed by atoms with van der Waals surface area (Å²) < 4.78 is 0. The first-order valence-corrected chi connectivity index (χ1v) is 6.64. The SMILES string of the molecule is CCCNC(CC)CCc1ccccc1[N+](=O)[O-]. The van der Waals surface area contributed by atoms with Crippen LogP contribution in [-0.2, 0) is 6.42 Å². The summed E-state index contributed by atoms with van der Waals surface area (Å²) >= 11 is 0. The van der Waals surface area contributed by atoms with Crippen molar-refractivity contribution in [1.82, 2.24) is 5.32 Å². The number of nitro groups is 1. The van der Waals surface area contributed by atoms with Gasteiger partial charge >= 0.3 is 0 Å². The maximum atomic E-state index is 10.9. The molecule has 0 radical (unpaired) electrons. The van der Waals surface area contributed by atoms with Crippen LogP contribution in [0.4, 0.5) is 5.69 Å². The molecule has 0 saturated heterocycles. The van der Waals surface area contributed by atoms with Crippen LogP contribution in [0.5, 0.6) is 0 Å². The van der Waals surface area contributed by atoms with E-state index in [1.165, 1.54) is 0 Å². The average molecular weight is 250 g/mol. The van der Waals surface area contributed by atoms with E-state index >= 15 is 0 Å². The van der Waals surface area contributed by atoms with Crippen LogP contribution in [0.1, 0.15) is 38.7 Å². The second kappa shape index (κ2) is 7.82. The molecule has 0 spiro atoms.